The van der Waals surface area contributed by atoms with Crippen LogP contribution >= 0.6 is 0 Å². The van der Waals surface area contributed by atoms with Crippen LogP contribution in [0.4, 0.5) is 0 Å². The van der Waals surface area contributed by atoms with Crippen LogP contribution in [0.3, 0.4) is 0 Å². The number of nitrogens with one attached hydrogen (secondary N) is 1. The number of hydrogen-bond acceptors (Lipinski definition) is 2. The molecule has 2 N–H and O–H groups in total. The molecule has 1 saturated heterocycles. The van der Waals surface area contributed by atoms with E-state index in [1.807, 2.05) is 13.8 Å². The minimum absolute atomic E-state index is 0.211. The quantitative estimate of drug-likeness (QED) is 0.654. The van der Waals surface area contributed by atoms with Crippen molar-refractivity contribution in [1.82, 2.24) is 5.32 Å². The molecule has 3 heteroatoms. The van der Waals surface area contributed by atoms with Crippen LogP contribution < -0.4 is 5.32 Å². The van der Waals surface area contributed by atoms with Gasteiger partial charge in [-0.3, -0.25) is 4.79 Å². The van der Waals surface area contributed by atoms with E-state index in [1.54, 1.807) is 0 Å². The van der Waals surface area contributed by atoms with Crippen molar-refractivity contribution in [2.45, 2.75) is 26.7 Å². The fourth-order valence-corrected chi connectivity index (χ4v) is 1.85. The van der Waals surface area contributed by atoms with Crippen LogP contribution in [-0.4, -0.2) is 24.2 Å². The lowest BCUT2D eigenvalue weighted by Gasteiger charge is -2.37. The minimum atomic E-state index is -0.648. The van der Waals surface area contributed by atoms with Crippen molar-refractivity contribution in [3.63, 3.8) is 0 Å². The Morgan fingerprint density at radius 2 is 2.25 bits per heavy atom. The standard InChI is InChI=1S/C9H17NO2/c1-7(2)9(8(11)12)4-3-5-10-6-9/h7,10H,3-6H2,1-2H3,(H,11,12)/t9-/m1/s1. The average molecular weight is 171 g/mol. The first-order valence-electron chi connectivity index (χ1n) is 4.54. The van der Waals surface area contributed by atoms with E-state index >= 15 is 0 Å². The molecule has 0 bridgehead atoms. The lowest BCUT2D eigenvalue weighted by molar-refractivity contribution is -0.153. The van der Waals surface area contributed by atoms with Gasteiger partial charge in [0, 0.05) is 6.54 Å². The van der Waals surface area contributed by atoms with Gasteiger partial charge in [0.05, 0.1) is 5.41 Å². The summed E-state index contributed by atoms with van der Waals surface area (Å²) in [4.78, 5) is 11.1. The van der Waals surface area contributed by atoms with Gasteiger partial charge in [-0.1, -0.05) is 13.8 Å². The fourth-order valence-electron chi connectivity index (χ4n) is 1.85. The molecule has 0 radical (unpaired) electrons. The minimum Gasteiger partial charge on any atom is -0.481 e. The number of carboxylic acid groups (broad SMARTS) is 1. The van der Waals surface area contributed by atoms with Crippen molar-refractivity contribution in [2.75, 3.05) is 13.1 Å². The summed E-state index contributed by atoms with van der Waals surface area (Å²) < 4.78 is 0. The van der Waals surface area contributed by atoms with Gasteiger partial charge in [-0.15, -0.1) is 0 Å². The Bertz CT molecular complexity index is 171. The van der Waals surface area contributed by atoms with Crippen LogP contribution in [0.1, 0.15) is 26.7 Å². The number of carboxylic acids is 1. The van der Waals surface area contributed by atoms with Crippen LogP contribution in [0.15, 0.2) is 0 Å². The first-order chi connectivity index (χ1) is 5.59. The molecular formula is C9H17NO2. The number of rotatable bonds is 2. The van der Waals surface area contributed by atoms with Crippen LogP contribution in [0.2, 0.25) is 0 Å². The lowest BCUT2D eigenvalue weighted by Crippen LogP contribution is -2.48. The van der Waals surface area contributed by atoms with Gasteiger partial charge in [0.1, 0.15) is 0 Å². The molecule has 0 saturated carbocycles. The smallest absolute Gasteiger partial charge is 0.311 e. The van der Waals surface area contributed by atoms with Gasteiger partial charge >= 0.3 is 5.97 Å². The molecule has 1 heterocycles. The fraction of sp³-hybridized carbons (Fsp3) is 0.889. The summed E-state index contributed by atoms with van der Waals surface area (Å²) >= 11 is 0. The third kappa shape index (κ3) is 1.46. The summed E-state index contributed by atoms with van der Waals surface area (Å²) in [6, 6.07) is 0. The second-order valence-corrected chi connectivity index (χ2v) is 3.90. The molecular weight excluding hydrogens is 154 g/mol. The molecule has 3 nitrogen and oxygen atoms in total. The summed E-state index contributed by atoms with van der Waals surface area (Å²) in [6.45, 7) is 5.56. The summed E-state index contributed by atoms with van der Waals surface area (Å²) in [5, 5.41) is 12.3. The summed E-state index contributed by atoms with van der Waals surface area (Å²) in [6.07, 6.45) is 1.79. The van der Waals surface area contributed by atoms with Gasteiger partial charge in [-0.05, 0) is 25.3 Å². The molecule has 0 spiro atoms. The molecule has 1 aliphatic rings. The van der Waals surface area contributed by atoms with Gasteiger partial charge in [0.25, 0.3) is 0 Å². The molecule has 0 unspecified atom stereocenters. The number of piperidine rings is 1. The van der Waals surface area contributed by atoms with Gasteiger partial charge in [0.2, 0.25) is 0 Å². The average Bonchev–Trinajstić information content (AvgIpc) is 2.05. The first-order valence-corrected chi connectivity index (χ1v) is 4.54. The molecule has 0 amide bonds. The third-order valence-electron chi connectivity index (χ3n) is 2.95. The van der Waals surface area contributed by atoms with Gasteiger partial charge in [-0.25, -0.2) is 0 Å². The van der Waals surface area contributed by atoms with Crippen molar-refractivity contribution < 1.29 is 9.90 Å². The van der Waals surface area contributed by atoms with Crippen LogP contribution in [0.5, 0.6) is 0 Å². The highest BCUT2D eigenvalue weighted by atomic mass is 16.4. The van der Waals surface area contributed by atoms with E-state index in [2.05, 4.69) is 5.32 Å². The van der Waals surface area contributed by atoms with E-state index in [9.17, 15) is 4.79 Å². The van der Waals surface area contributed by atoms with Crippen molar-refractivity contribution in [2.24, 2.45) is 11.3 Å². The van der Waals surface area contributed by atoms with Crippen molar-refractivity contribution in [1.29, 1.82) is 0 Å². The van der Waals surface area contributed by atoms with Crippen LogP contribution in [0, 0.1) is 11.3 Å². The lowest BCUT2D eigenvalue weighted by atomic mass is 9.72. The Kier molecular flexibility index (Phi) is 2.73. The summed E-state index contributed by atoms with van der Waals surface area (Å²) in [7, 11) is 0. The molecule has 1 fully saturated rings. The largest absolute Gasteiger partial charge is 0.481 e. The summed E-state index contributed by atoms with van der Waals surface area (Å²) in [5.41, 5.74) is -0.516. The third-order valence-corrected chi connectivity index (χ3v) is 2.95. The molecule has 0 aromatic rings. The van der Waals surface area contributed by atoms with E-state index in [1.165, 1.54) is 0 Å². The molecule has 1 rings (SSSR count). The van der Waals surface area contributed by atoms with E-state index in [0.717, 1.165) is 19.4 Å². The highest BCUT2D eigenvalue weighted by Gasteiger charge is 2.42. The maximum absolute atomic E-state index is 11.1. The molecule has 0 aliphatic carbocycles. The van der Waals surface area contributed by atoms with Crippen molar-refractivity contribution >= 4 is 5.97 Å². The molecule has 1 aliphatic heterocycles. The Morgan fingerprint density at radius 3 is 2.50 bits per heavy atom. The van der Waals surface area contributed by atoms with Gasteiger partial charge in [0.15, 0.2) is 0 Å². The maximum Gasteiger partial charge on any atom is 0.311 e. The normalized spacial score (nSPS) is 30.6. The predicted octanol–water partition coefficient (Wildman–Crippen LogP) is 1.10. The second-order valence-electron chi connectivity index (χ2n) is 3.90. The first kappa shape index (κ1) is 9.52. The SMILES string of the molecule is CC(C)[C@@]1(C(=O)O)CCCNC1. The van der Waals surface area contributed by atoms with Gasteiger partial charge < -0.3 is 10.4 Å². The zero-order valence-corrected chi connectivity index (χ0v) is 7.76. The zero-order valence-electron chi connectivity index (χ0n) is 7.76. The number of aliphatic carboxylic acids is 1. The van der Waals surface area contributed by atoms with E-state index in [4.69, 9.17) is 5.11 Å². The molecule has 70 valence electrons. The molecule has 1 atom stereocenters. The van der Waals surface area contributed by atoms with E-state index in [-0.39, 0.29) is 5.92 Å². The van der Waals surface area contributed by atoms with E-state index < -0.39 is 11.4 Å². The Labute approximate surface area is 73.2 Å². The van der Waals surface area contributed by atoms with Crippen LogP contribution in [-0.2, 0) is 4.79 Å². The van der Waals surface area contributed by atoms with Crippen molar-refractivity contribution in [3.8, 4) is 0 Å². The topological polar surface area (TPSA) is 49.3 Å². The predicted molar refractivity (Wildman–Crippen MR) is 47.0 cm³/mol. The highest BCUT2D eigenvalue weighted by Crippen LogP contribution is 2.34. The number of carbonyl (C=O) groups is 1. The molecule has 0 aromatic carbocycles. The maximum atomic E-state index is 11.1. The van der Waals surface area contributed by atoms with E-state index in [0.29, 0.717) is 6.54 Å². The molecule has 0 aromatic heterocycles. The Hall–Kier alpha value is -0.570. The van der Waals surface area contributed by atoms with Crippen LogP contribution in [0.25, 0.3) is 0 Å². The second kappa shape index (κ2) is 3.44. The Balaban J connectivity index is 2.77. The monoisotopic (exact) mass is 171 g/mol. The number of hydrogen-bond donors (Lipinski definition) is 2. The van der Waals surface area contributed by atoms with Gasteiger partial charge in [-0.2, -0.15) is 0 Å². The summed E-state index contributed by atoms with van der Waals surface area (Å²) in [5.74, 6) is -0.438. The Morgan fingerprint density at radius 1 is 1.58 bits per heavy atom. The van der Waals surface area contributed by atoms with Crippen molar-refractivity contribution in [3.05, 3.63) is 0 Å². The zero-order chi connectivity index (χ0) is 9.19. The molecule has 12 heavy (non-hydrogen) atoms. The highest BCUT2D eigenvalue weighted by molar-refractivity contribution is 5.75.